The van der Waals surface area contributed by atoms with Crippen molar-refractivity contribution in [1.82, 2.24) is 4.90 Å². The second-order valence-corrected chi connectivity index (χ2v) is 8.67. The summed E-state index contributed by atoms with van der Waals surface area (Å²) in [5.41, 5.74) is 8.55. The molecule has 8 nitrogen and oxygen atoms in total. The van der Waals surface area contributed by atoms with Crippen LogP contribution >= 0.6 is 0 Å². The molecule has 188 valence electrons. The second-order valence-electron chi connectivity index (χ2n) is 8.67. The van der Waals surface area contributed by atoms with Gasteiger partial charge in [0.2, 0.25) is 11.7 Å². The van der Waals surface area contributed by atoms with Crippen molar-refractivity contribution in [1.29, 1.82) is 0 Å². The molecule has 3 N–H and O–H groups in total. The minimum Gasteiger partial charge on any atom is -0.493 e. The summed E-state index contributed by atoms with van der Waals surface area (Å²) < 4.78 is 17.0. The van der Waals surface area contributed by atoms with E-state index in [0.29, 0.717) is 41.7 Å². The molecule has 1 saturated heterocycles. The lowest BCUT2D eigenvalue weighted by molar-refractivity contribution is -0.122. The lowest BCUT2D eigenvalue weighted by atomic mass is 10.1. The molecule has 36 heavy (non-hydrogen) atoms. The molecule has 1 heterocycles. The summed E-state index contributed by atoms with van der Waals surface area (Å²) in [5.74, 6) is 0.619. The van der Waals surface area contributed by atoms with E-state index >= 15 is 0 Å². The van der Waals surface area contributed by atoms with Crippen LogP contribution in [0, 0.1) is 0 Å². The van der Waals surface area contributed by atoms with E-state index in [2.05, 4.69) is 10.2 Å². The van der Waals surface area contributed by atoms with Crippen molar-refractivity contribution in [2.45, 2.75) is 32.0 Å². The number of methoxy groups -OCH3 is 2. The van der Waals surface area contributed by atoms with Gasteiger partial charge in [-0.2, -0.15) is 0 Å². The van der Waals surface area contributed by atoms with Crippen LogP contribution in [0.2, 0.25) is 0 Å². The molecule has 4 rings (SSSR count). The van der Waals surface area contributed by atoms with Gasteiger partial charge in [-0.05, 0) is 54.8 Å². The molecule has 0 bridgehead atoms. The third kappa shape index (κ3) is 5.95. The van der Waals surface area contributed by atoms with Gasteiger partial charge in [0, 0.05) is 17.8 Å². The van der Waals surface area contributed by atoms with E-state index in [1.54, 1.807) is 12.1 Å². The number of hydrogen-bond acceptors (Lipinski definition) is 6. The molecule has 0 radical (unpaired) electrons. The van der Waals surface area contributed by atoms with Gasteiger partial charge in [-0.3, -0.25) is 14.5 Å². The van der Waals surface area contributed by atoms with Gasteiger partial charge in [0.05, 0.1) is 20.3 Å². The quantitative estimate of drug-likeness (QED) is 0.447. The van der Waals surface area contributed by atoms with Crippen molar-refractivity contribution >= 4 is 17.5 Å². The first kappa shape index (κ1) is 25.1. The molecule has 3 aromatic carbocycles. The minimum absolute atomic E-state index is 0.245. The highest BCUT2D eigenvalue weighted by molar-refractivity contribution is 6.05. The van der Waals surface area contributed by atoms with E-state index in [-0.39, 0.29) is 17.9 Å². The predicted octanol–water partition coefficient (Wildman–Crippen LogP) is 3.98. The first-order valence-corrected chi connectivity index (χ1v) is 11.8. The Morgan fingerprint density at radius 2 is 1.67 bits per heavy atom. The number of hydrogen-bond donors (Lipinski definition) is 2. The fourth-order valence-corrected chi connectivity index (χ4v) is 4.41. The molecule has 1 aliphatic rings. The Bertz CT molecular complexity index is 1190. The molecule has 1 aliphatic heterocycles. The number of nitrogens with one attached hydrogen (secondary N) is 1. The molecule has 3 aromatic rings. The molecule has 0 aliphatic carbocycles. The number of carbonyl (C=O) groups excluding carboxylic acids is 2. The van der Waals surface area contributed by atoms with Crippen molar-refractivity contribution in [2.75, 3.05) is 26.1 Å². The Labute approximate surface area is 211 Å². The Morgan fingerprint density at radius 1 is 0.972 bits per heavy atom. The maximum Gasteiger partial charge on any atom is 0.255 e. The van der Waals surface area contributed by atoms with Gasteiger partial charge >= 0.3 is 0 Å². The van der Waals surface area contributed by atoms with Gasteiger partial charge in [-0.15, -0.1) is 0 Å². The van der Waals surface area contributed by atoms with E-state index in [0.717, 1.165) is 30.5 Å². The molecule has 1 atom stereocenters. The Balaban J connectivity index is 1.48. The Morgan fingerprint density at radius 3 is 2.33 bits per heavy atom. The largest absolute Gasteiger partial charge is 0.493 e. The van der Waals surface area contributed by atoms with E-state index in [1.165, 1.54) is 14.2 Å². The highest BCUT2D eigenvalue weighted by atomic mass is 16.5. The van der Waals surface area contributed by atoms with Crippen LogP contribution in [0.3, 0.4) is 0 Å². The number of anilines is 1. The molecule has 2 amide bonds. The lowest BCUT2D eigenvalue weighted by Gasteiger charge is -2.22. The van der Waals surface area contributed by atoms with Crippen molar-refractivity contribution in [3.63, 3.8) is 0 Å². The summed E-state index contributed by atoms with van der Waals surface area (Å²) in [6.07, 6.45) is 1.72. The van der Waals surface area contributed by atoms with E-state index < -0.39 is 0 Å². The molecular formula is C28H31N3O5. The van der Waals surface area contributed by atoms with Crippen molar-refractivity contribution in [3.8, 4) is 17.2 Å². The first-order chi connectivity index (χ1) is 17.5. The number of carbonyl (C=O) groups is 2. The lowest BCUT2D eigenvalue weighted by Crippen LogP contribution is -2.39. The van der Waals surface area contributed by atoms with Crippen LogP contribution in [0.5, 0.6) is 17.2 Å². The molecular weight excluding hydrogens is 458 g/mol. The van der Waals surface area contributed by atoms with E-state index in [9.17, 15) is 9.59 Å². The van der Waals surface area contributed by atoms with Gasteiger partial charge in [0.25, 0.3) is 5.91 Å². The average molecular weight is 490 g/mol. The highest BCUT2D eigenvalue weighted by Gasteiger charge is 2.28. The number of rotatable bonds is 10. The van der Waals surface area contributed by atoms with Crippen molar-refractivity contribution in [3.05, 3.63) is 83.4 Å². The molecule has 0 saturated carbocycles. The average Bonchev–Trinajstić information content (AvgIpc) is 3.36. The standard InChI is InChI=1S/C28H31N3O5/c1-34-24-15-21(16-25(35-2)26(24)36-18-19-8-4-3-5-9-19)28(33)30-22-11-6-10-20(14-22)17-31-13-7-12-23(31)27(29)32/h3-6,8-11,14-16,23H,7,12-13,17-18H2,1-2H3,(H2,29,32)(H,30,33). The van der Waals surface area contributed by atoms with Gasteiger partial charge in [-0.1, -0.05) is 42.5 Å². The predicted molar refractivity (Wildman–Crippen MR) is 137 cm³/mol. The highest BCUT2D eigenvalue weighted by Crippen LogP contribution is 2.39. The summed E-state index contributed by atoms with van der Waals surface area (Å²) >= 11 is 0. The number of likely N-dealkylation sites (tertiary alicyclic amines) is 1. The number of ether oxygens (including phenoxy) is 3. The third-order valence-electron chi connectivity index (χ3n) is 6.21. The molecule has 0 spiro atoms. The number of nitrogens with two attached hydrogens (primary N) is 1. The van der Waals surface area contributed by atoms with E-state index in [1.807, 2.05) is 54.6 Å². The zero-order chi connectivity index (χ0) is 25.5. The van der Waals surface area contributed by atoms with Crippen molar-refractivity contribution in [2.24, 2.45) is 5.73 Å². The Kier molecular flexibility index (Phi) is 8.07. The zero-order valence-electron chi connectivity index (χ0n) is 20.5. The van der Waals surface area contributed by atoms with Gasteiger partial charge in [-0.25, -0.2) is 0 Å². The summed E-state index contributed by atoms with van der Waals surface area (Å²) in [4.78, 5) is 26.9. The first-order valence-electron chi connectivity index (χ1n) is 11.8. The minimum atomic E-state index is -0.311. The normalized spacial score (nSPS) is 15.3. The van der Waals surface area contributed by atoms with Gasteiger partial charge in [0.1, 0.15) is 6.61 Å². The van der Waals surface area contributed by atoms with Crippen LogP contribution in [0.15, 0.2) is 66.7 Å². The number of benzene rings is 3. The molecule has 1 unspecified atom stereocenters. The van der Waals surface area contributed by atoms with Crippen LogP contribution < -0.4 is 25.3 Å². The van der Waals surface area contributed by atoms with Crippen LogP contribution in [-0.2, 0) is 17.9 Å². The summed E-state index contributed by atoms with van der Waals surface area (Å²) in [6, 6.07) is 20.3. The van der Waals surface area contributed by atoms with Gasteiger partial charge in [0.15, 0.2) is 11.5 Å². The molecule has 0 aromatic heterocycles. The molecule has 1 fully saturated rings. The fourth-order valence-electron chi connectivity index (χ4n) is 4.41. The summed E-state index contributed by atoms with van der Waals surface area (Å²) in [6.45, 7) is 1.74. The topological polar surface area (TPSA) is 103 Å². The second kappa shape index (κ2) is 11.6. The molecule has 8 heteroatoms. The summed E-state index contributed by atoms with van der Waals surface area (Å²) in [7, 11) is 3.04. The number of nitrogens with zero attached hydrogens (tertiary/aromatic N) is 1. The smallest absolute Gasteiger partial charge is 0.255 e. The maximum atomic E-state index is 13.1. The summed E-state index contributed by atoms with van der Waals surface area (Å²) in [5, 5.41) is 2.94. The monoisotopic (exact) mass is 489 g/mol. The van der Waals surface area contributed by atoms with Gasteiger partial charge < -0.3 is 25.3 Å². The van der Waals surface area contributed by atoms with E-state index in [4.69, 9.17) is 19.9 Å². The third-order valence-corrected chi connectivity index (χ3v) is 6.21. The Hall–Kier alpha value is -4.04. The number of amides is 2. The number of primary amides is 1. The maximum absolute atomic E-state index is 13.1. The van der Waals surface area contributed by atoms with Crippen LogP contribution in [-0.4, -0.2) is 43.5 Å². The van der Waals surface area contributed by atoms with Crippen LogP contribution in [0.25, 0.3) is 0 Å². The zero-order valence-corrected chi connectivity index (χ0v) is 20.5. The fraction of sp³-hybridized carbons (Fsp3) is 0.286. The van der Waals surface area contributed by atoms with Crippen LogP contribution in [0.4, 0.5) is 5.69 Å². The van der Waals surface area contributed by atoms with Crippen molar-refractivity contribution < 1.29 is 23.8 Å². The SMILES string of the molecule is COc1cc(C(=O)Nc2cccc(CN3CCCC3C(N)=O)c2)cc(OC)c1OCc1ccccc1. The van der Waals surface area contributed by atoms with Crippen LogP contribution in [0.1, 0.15) is 34.3 Å².